The van der Waals surface area contributed by atoms with Crippen molar-refractivity contribution in [3.05, 3.63) is 88.0 Å². The number of ether oxygens (including phenoxy) is 1. The SMILES string of the molecule is COc1ccc(-c2csc(=Nc3ccccc3C(F)(F)F)n2N=Cc2ccc(O)c(O)c2)cc1. The molecule has 0 bridgehead atoms. The summed E-state index contributed by atoms with van der Waals surface area (Å²) in [5.41, 5.74) is 0.720. The molecule has 0 saturated heterocycles. The van der Waals surface area contributed by atoms with Crippen LogP contribution in [0.15, 0.2) is 82.2 Å². The number of halogens is 3. The van der Waals surface area contributed by atoms with Gasteiger partial charge in [-0.15, -0.1) is 11.3 Å². The highest BCUT2D eigenvalue weighted by molar-refractivity contribution is 7.07. The third-order valence-electron chi connectivity index (χ3n) is 4.82. The van der Waals surface area contributed by atoms with E-state index in [4.69, 9.17) is 4.74 Å². The Morgan fingerprint density at radius 2 is 1.71 bits per heavy atom. The molecule has 4 aromatic rings. The highest BCUT2D eigenvalue weighted by Gasteiger charge is 2.33. The standard InChI is InChI=1S/C24H18F3N3O3S/c1-33-17-9-7-16(8-10-17)20-14-34-23(29-19-5-3-2-4-18(19)24(25,26)27)30(20)28-13-15-6-11-21(31)22(32)12-15/h2-14,31-32H,1H3. The topological polar surface area (TPSA) is 79.3 Å². The monoisotopic (exact) mass is 485 g/mol. The van der Waals surface area contributed by atoms with Crippen molar-refractivity contribution in [1.29, 1.82) is 0 Å². The Balaban J connectivity index is 1.87. The van der Waals surface area contributed by atoms with Crippen molar-refractivity contribution in [2.75, 3.05) is 7.11 Å². The fourth-order valence-electron chi connectivity index (χ4n) is 3.11. The number of rotatable bonds is 5. The number of methoxy groups -OCH3 is 1. The van der Waals surface area contributed by atoms with Gasteiger partial charge in [0.1, 0.15) is 5.75 Å². The molecule has 0 aliphatic rings. The molecule has 0 radical (unpaired) electrons. The fraction of sp³-hybridized carbons (Fsp3) is 0.0833. The maximum absolute atomic E-state index is 13.5. The normalized spacial score (nSPS) is 12.4. The third kappa shape index (κ3) is 4.96. The highest BCUT2D eigenvalue weighted by atomic mass is 32.1. The first-order valence-corrected chi connectivity index (χ1v) is 10.8. The van der Waals surface area contributed by atoms with E-state index in [1.165, 1.54) is 47.3 Å². The van der Waals surface area contributed by atoms with Crippen molar-refractivity contribution in [3.63, 3.8) is 0 Å². The summed E-state index contributed by atoms with van der Waals surface area (Å²) in [6, 6.07) is 16.3. The lowest BCUT2D eigenvalue weighted by atomic mass is 10.1. The molecule has 0 spiro atoms. The van der Waals surface area contributed by atoms with Gasteiger partial charge in [-0.05, 0) is 60.2 Å². The molecule has 3 aromatic carbocycles. The Kier molecular flexibility index (Phi) is 6.42. The number of nitrogens with zero attached hydrogens (tertiary/aromatic N) is 3. The second-order valence-electron chi connectivity index (χ2n) is 7.06. The number of thiazole rings is 1. The zero-order chi connectivity index (χ0) is 24.3. The summed E-state index contributed by atoms with van der Waals surface area (Å²) in [5.74, 6) is 0.0509. The molecular formula is C24H18F3N3O3S. The minimum Gasteiger partial charge on any atom is -0.504 e. The number of benzene rings is 3. The van der Waals surface area contributed by atoms with Gasteiger partial charge in [-0.3, -0.25) is 0 Å². The van der Waals surface area contributed by atoms with E-state index >= 15 is 0 Å². The lowest BCUT2D eigenvalue weighted by Gasteiger charge is -2.09. The number of hydrogen-bond acceptors (Lipinski definition) is 6. The van der Waals surface area contributed by atoms with E-state index < -0.39 is 11.7 Å². The summed E-state index contributed by atoms with van der Waals surface area (Å²) in [4.78, 5) is 4.47. The Hall–Kier alpha value is -4.05. The molecule has 6 nitrogen and oxygen atoms in total. The molecule has 174 valence electrons. The van der Waals surface area contributed by atoms with Gasteiger partial charge in [-0.2, -0.15) is 18.3 Å². The van der Waals surface area contributed by atoms with Gasteiger partial charge in [0.25, 0.3) is 0 Å². The summed E-state index contributed by atoms with van der Waals surface area (Å²) in [5, 5.41) is 25.4. The Morgan fingerprint density at radius 1 is 0.971 bits per heavy atom. The first kappa shape index (κ1) is 23.1. The summed E-state index contributed by atoms with van der Waals surface area (Å²) in [7, 11) is 1.55. The Morgan fingerprint density at radius 3 is 2.38 bits per heavy atom. The van der Waals surface area contributed by atoms with Gasteiger partial charge in [0.05, 0.1) is 30.3 Å². The molecule has 0 saturated carbocycles. The maximum Gasteiger partial charge on any atom is 0.418 e. The predicted octanol–water partition coefficient (Wildman–Crippen LogP) is 5.77. The molecule has 10 heteroatoms. The van der Waals surface area contributed by atoms with Gasteiger partial charge in [0, 0.05) is 10.9 Å². The van der Waals surface area contributed by atoms with E-state index in [0.29, 0.717) is 17.0 Å². The number of phenols is 2. The molecule has 4 rings (SSSR count). The molecule has 1 aromatic heterocycles. The van der Waals surface area contributed by atoms with Crippen molar-refractivity contribution in [1.82, 2.24) is 4.68 Å². The lowest BCUT2D eigenvalue weighted by molar-refractivity contribution is -0.137. The second-order valence-corrected chi connectivity index (χ2v) is 7.90. The fourth-order valence-corrected chi connectivity index (χ4v) is 3.96. The van der Waals surface area contributed by atoms with Crippen LogP contribution in [-0.2, 0) is 6.18 Å². The number of aromatic nitrogens is 1. The van der Waals surface area contributed by atoms with Crippen LogP contribution in [-0.4, -0.2) is 28.2 Å². The average molecular weight is 485 g/mol. The van der Waals surface area contributed by atoms with E-state index in [9.17, 15) is 23.4 Å². The number of aromatic hydroxyl groups is 2. The highest BCUT2D eigenvalue weighted by Crippen LogP contribution is 2.36. The second kappa shape index (κ2) is 9.44. The number of hydrogen-bond donors (Lipinski definition) is 2. The van der Waals surface area contributed by atoms with Crippen LogP contribution in [0.25, 0.3) is 11.3 Å². The number of phenolic OH excluding ortho intramolecular Hbond substituents is 2. The van der Waals surface area contributed by atoms with Crippen LogP contribution in [0.5, 0.6) is 17.2 Å². The van der Waals surface area contributed by atoms with Crippen LogP contribution < -0.4 is 9.54 Å². The van der Waals surface area contributed by atoms with E-state index in [1.807, 2.05) is 0 Å². The minimum absolute atomic E-state index is 0.210. The molecule has 34 heavy (non-hydrogen) atoms. The van der Waals surface area contributed by atoms with Crippen molar-refractivity contribution in [2.24, 2.45) is 10.1 Å². The molecule has 1 heterocycles. The largest absolute Gasteiger partial charge is 0.504 e. The quantitative estimate of drug-likeness (QED) is 0.278. The first-order chi connectivity index (χ1) is 16.3. The van der Waals surface area contributed by atoms with Gasteiger partial charge in [0.15, 0.2) is 11.5 Å². The van der Waals surface area contributed by atoms with Crippen LogP contribution in [0, 0.1) is 0 Å². The maximum atomic E-state index is 13.5. The molecule has 0 aliphatic heterocycles. The van der Waals surface area contributed by atoms with Crippen molar-refractivity contribution < 1.29 is 28.1 Å². The van der Waals surface area contributed by atoms with Crippen molar-refractivity contribution in [2.45, 2.75) is 6.18 Å². The van der Waals surface area contributed by atoms with E-state index in [1.54, 1.807) is 36.8 Å². The zero-order valence-corrected chi connectivity index (χ0v) is 18.5. The Bertz CT molecular complexity index is 1410. The summed E-state index contributed by atoms with van der Waals surface area (Å²) >= 11 is 1.13. The van der Waals surface area contributed by atoms with Gasteiger partial charge in [-0.25, -0.2) is 9.67 Å². The number of para-hydroxylation sites is 1. The van der Waals surface area contributed by atoms with Gasteiger partial charge in [0.2, 0.25) is 4.80 Å². The third-order valence-corrected chi connectivity index (χ3v) is 5.63. The van der Waals surface area contributed by atoms with Crippen LogP contribution in [0.4, 0.5) is 18.9 Å². The van der Waals surface area contributed by atoms with E-state index in [0.717, 1.165) is 23.0 Å². The number of alkyl halides is 3. The van der Waals surface area contributed by atoms with Crippen molar-refractivity contribution >= 4 is 23.2 Å². The molecule has 0 aliphatic carbocycles. The van der Waals surface area contributed by atoms with Gasteiger partial charge < -0.3 is 14.9 Å². The van der Waals surface area contributed by atoms with Gasteiger partial charge >= 0.3 is 6.18 Å². The zero-order valence-electron chi connectivity index (χ0n) is 17.7. The summed E-state index contributed by atoms with van der Waals surface area (Å²) in [6.45, 7) is 0. The van der Waals surface area contributed by atoms with Crippen LogP contribution in [0.1, 0.15) is 11.1 Å². The predicted molar refractivity (Wildman–Crippen MR) is 124 cm³/mol. The molecular weight excluding hydrogens is 467 g/mol. The van der Waals surface area contributed by atoms with E-state index in [-0.39, 0.29) is 22.0 Å². The summed E-state index contributed by atoms with van der Waals surface area (Å²) < 4.78 is 47.1. The van der Waals surface area contributed by atoms with Crippen molar-refractivity contribution in [3.8, 4) is 28.5 Å². The van der Waals surface area contributed by atoms with Crippen LogP contribution in [0.2, 0.25) is 0 Å². The lowest BCUT2D eigenvalue weighted by Crippen LogP contribution is -2.13. The molecule has 0 atom stereocenters. The van der Waals surface area contributed by atoms with E-state index in [2.05, 4.69) is 10.1 Å². The smallest absolute Gasteiger partial charge is 0.418 e. The summed E-state index contributed by atoms with van der Waals surface area (Å²) in [6.07, 6.45) is -3.15. The van der Waals surface area contributed by atoms with Crippen LogP contribution in [0.3, 0.4) is 0 Å². The van der Waals surface area contributed by atoms with Crippen LogP contribution >= 0.6 is 11.3 Å². The van der Waals surface area contributed by atoms with Gasteiger partial charge in [-0.1, -0.05) is 12.1 Å². The minimum atomic E-state index is -4.56. The molecule has 2 N–H and O–H groups in total. The molecule has 0 fully saturated rings. The Labute approximate surface area is 196 Å². The molecule has 0 unspecified atom stereocenters. The average Bonchev–Trinajstić information content (AvgIpc) is 3.22. The molecule has 0 amide bonds. The first-order valence-electron chi connectivity index (χ1n) is 9.88.